The van der Waals surface area contributed by atoms with E-state index in [1.807, 2.05) is 20.8 Å². The fourth-order valence-electron chi connectivity index (χ4n) is 5.40. The number of likely N-dealkylation sites (tertiary alicyclic amines) is 1. The molecule has 0 bridgehead atoms. The van der Waals surface area contributed by atoms with E-state index in [0.717, 1.165) is 0 Å². The van der Waals surface area contributed by atoms with Crippen LogP contribution in [-0.4, -0.2) is 52.4 Å². The summed E-state index contributed by atoms with van der Waals surface area (Å²) in [4.78, 5) is 42.4. The number of halogens is 3. The van der Waals surface area contributed by atoms with Crippen molar-refractivity contribution in [3.8, 4) is 0 Å². The zero-order valence-corrected chi connectivity index (χ0v) is 17.0. The molecule has 164 valence electrons. The molecule has 3 unspecified atom stereocenters. The van der Waals surface area contributed by atoms with Gasteiger partial charge in [-0.15, -0.1) is 0 Å². The number of hydrogen-bond acceptors (Lipinski definition) is 4. The summed E-state index contributed by atoms with van der Waals surface area (Å²) >= 11 is 0. The maximum Gasteiger partial charge on any atom is 0.471 e. The van der Waals surface area contributed by atoms with Crippen LogP contribution in [-0.2, 0) is 20.8 Å². The van der Waals surface area contributed by atoms with E-state index in [1.54, 1.807) is 23.5 Å². The summed E-state index contributed by atoms with van der Waals surface area (Å²) in [6.07, 6.45) is -3.35. The van der Waals surface area contributed by atoms with Gasteiger partial charge in [-0.2, -0.15) is 13.2 Å². The van der Waals surface area contributed by atoms with Crippen molar-refractivity contribution in [3.63, 3.8) is 0 Å². The number of primary amides is 1. The zero-order valence-electron chi connectivity index (χ0n) is 17.0. The average molecular weight is 426 g/mol. The number of nitrogens with two attached hydrogens (primary N) is 1. The van der Waals surface area contributed by atoms with Crippen LogP contribution in [0, 0.1) is 16.7 Å². The molecule has 1 aromatic heterocycles. The third kappa shape index (κ3) is 3.31. The highest BCUT2D eigenvalue weighted by atomic mass is 19.4. The maximum absolute atomic E-state index is 13.3. The van der Waals surface area contributed by atoms with E-state index in [-0.39, 0.29) is 24.3 Å². The minimum Gasteiger partial charge on any atom is -0.368 e. The van der Waals surface area contributed by atoms with Gasteiger partial charge in [0.05, 0.1) is 0 Å². The first-order valence-electron chi connectivity index (χ1n) is 9.75. The van der Waals surface area contributed by atoms with E-state index in [0.29, 0.717) is 12.1 Å². The van der Waals surface area contributed by atoms with Crippen LogP contribution < -0.4 is 11.1 Å². The Morgan fingerprint density at radius 1 is 1.33 bits per heavy atom. The number of nitrogens with zero attached hydrogens (tertiary/aromatic N) is 2. The lowest BCUT2D eigenvalue weighted by Gasteiger charge is -2.36. The molecule has 0 spiro atoms. The molecule has 0 aromatic carbocycles. The topological polar surface area (TPSA) is 105 Å². The average Bonchev–Trinajstić information content (AvgIpc) is 2.98. The largest absolute Gasteiger partial charge is 0.471 e. The molecule has 1 saturated heterocycles. The van der Waals surface area contributed by atoms with E-state index >= 15 is 0 Å². The Bertz CT molecular complexity index is 859. The van der Waals surface area contributed by atoms with Crippen molar-refractivity contribution in [1.29, 1.82) is 0 Å². The van der Waals surface area contributed by atoms with Gasteiger partial charge in [0, 0.05) is 30.3 Å². The Labute approximate surface area is 172 Å². The smallest absolute Gasteiger partial charge is 0.368 e. The van der Waals surface area contributed by atoms with Crippen LogP contribution in [0.15, 0.2) is 24.4 Å². The van der Waals surface area contributed by atoms with Crippen molar-refractivity contribution in [2.75, 3.05) is 6.54 Å². The molecule has 0 radical (unpaired) electrons. The van der Waals surface area contributed by atoms with E-state index in [9.17, 15) is 27.6 Å². The van der Waals surface area contributed by atoms with Gasteiger partial charge in [0.25, 0.3) is 0 Å². The number of alkyl halides is 3. The highest BCUT2D eigenvalue weighted by Gasteiger charge is 2.79. The minimum atomic E-state index is -5.15. The van der Waals surface area contributed by atoms with E-state index in [2.05, 4.69) is 4.98 Å². The Kier molecular flexibility index (Phi) is 5.32. The van der Waals surface area contributed by atoms with E-state index in [1.165, 1.54) is 11.1 Å². The monoisotopic (exact) mass is 426 g/mol. The summed E-state index contributed by atoms with van der Waals surface area (Å²) in [5, 5.41) is 1.78. The Morgan fingerprint density at radius 2 is 2.00 bits per heavy atom. The zero-order chi connectivity index (χ0) is 22.5. The summed E-state index contributed by atoms with van der Waals surface area (Å²) in [5.74, 6) is -3.68. The van der Waals surface area contributed by atoms with Crippen molar-refractivity contribution in [2.45, 2.75) is 51.9 Å². The normalized spacial score (nSPS) is 27.9. The number of fused-ring (bicyclic) bond motifs is 1. The van der Waals surface area contributed by atoms with Gasteiger partial charge >= 0.3 is 12.1 Å². The molecular weight excluding hydrogens is 401 g/mol. The van der Waals surface area contributed by atoms with Crippen LogP contribution in [0.2, 0.25) is 0 Å². The summed E-state index contributed by atoms with van der Waals surface area (Å²) in [6, 6.07) is 2.33. The molecule has 3 N–H and O–H groups in total. The van der Waals surface area contributed by atoms with Gasteiger partial charge in [-0.05, 0) is 29.9 Å². The summed E-state index contributed by atoms with van der Waals surface area (Å²) in [6.45, 7) is 6.10. The molecule has 7 nitrogen and oxygen atoms in total. The minimum absolute atomic E-state index is 0.00488. The summed E-state index contributed by atoms with van der Waals surface area (Å²) in [7, 11) is 0. The fourth-order valence-corrected chi connectivity index (χ4v) is 5.40. The number of pyridine rings is 1. The van der Waals surface area contributed by atoms with Gasteiger partial charge in [-0.1, -0.05) is 26.8 Å². The van der Waals surface area contributed by atoms with Gasteiger partial charge in [0.15, 0.2) is 0 Å². The Balaban J connectivity index is 1.90. The second-order valence-corrected chi connectivity index (χ2v) is 8.51. The van der Waals surface area contributed by atoms with Gasteiger partial charge in [0.1, 0.15) is 12.1 Å². The highest BCUT2D eigenvalue weighted by Crippen LogP contribution is 2.76. The molecule has 1 aromatic rings. The lowest BCUT2D eigenvalue weighted by Crippen LogP contribution is -2.58. The van der Waals surface area contributed by atoms with Crippen LogP contribution in [0.5, 0.6) is 0 Å². The van der Waals surface area contributed by atoms with Gasteiger partial charge in [0.2, 0.25) is 11.8 Å². The lowest BCUT2D eigenvalue weighted by atomic mass is 9.84. The third-order valence-electron chi connectivity index (χ3n) is 6.93. The van der Waals surface area contributed by atoms with Crippen molar-refractivity contribution >= 4 is 17.7 Å². The number of nitrogens with one attached hydrogen (secondary N) is 1. The van der Waals surface area contributed by atoms with E-state index < -0.39 is 41.4 Å². The van der Waals surface area contributed by atoms with Crippen LogP contribution >= 0.6 is 0 Å². The molecule has 2 aliphatic rings. The van der Waals surface area contributed by atoms with E-state index in [4.69, 9.17) is 5.73 Å². The molecular formula is C20H25F3N4O3. The van der Waals surface area contributed by atoms with Gasteiger partial charge < -0.3 is 16.0 Å². The number of aromatic nitrogens is 1. The van der Waals surface area contributed by atoms with Crippen molar-refractivity contribution in [3.05, 3.63) is 30.1 Å². The van der Waals surface area contributed by atoms with Gasteiger partial charge in [-0.3, -0.25) is 19.4 Å². The number of carbonyl (C=O) groups excluding carboxylic acids is 3. The van der Waals surface area contributed by atoms with Crippen LogP contribution in [0.4, 0.5) is 13.2 Å². The van der Waals surface area contributed by atoms with Crippen molar-refractivity contribution in [1.82, 2.24) is 15.2 Å². The quantitative estimate of drug-likeness (QED) is 0.718. The predicted molar refractivity (Wildman–Crippen MR) is 101 cm³/mol. The Morgan fingerprint density at radius 3 is 2.50 bits per heavy atom. The lowest BCUT2D eigenvalue weighted by molar-refractivity contribution is -0.175. The fraction of sp³-hybridized carbons (Fsp3) is 0.600. The number of hydrogen-bond donors (Lipinski definition) is 2. The number of amides is 3. The van der Waals surface area contributed by atoms with Gasteiger partial charge in [-0.25, -0.2) is 0 Å². The molecule has 3 rings (SSSR count). The van der Waals surface area contributed by atoms with Crippen LogP contribution in [0.3, 0.4) is 0 Å². The standard InChI is InChI=1S/C20H25F3N4O3/c1-4-19-13(18(19,2)3)10-27(14(19)15(24)28)16(29)12(26-17(30)20(21,22)23)9-11-7-5-6-8-25-11/h5-8,12-14H,4,9-10H2,1-3H3,(H2,24,28)(H,26,30)/t12-,13?,14?,19?/m0/s1. The van der Waals surface area contributed by atoms with Crippen LogP contribution in [0.1, 0.15) is 32.9 Å². The SMILES string of the molecule is CCC12C(C(N)=O)N(C(=O)[C@H](Cc3ccccn3)NC(=O)C(F)(F)F)CC1C2(C)C. The first-order chi connectivity index (χ1) is 13.9. The highest BCUT2D eigenvalue weighted by molar-refractivity contribution is 5.94. The first kappa shape index (κ1) is 22.0. The molecule has 4 atom stereocenters. The first-order valence-corrected chi connectivity index (χ1v) is 9.75. The molecule has 30 heavy (non-hydrogen) atoms. The maximum atomic E-state index is 13.3. The molecule has 3 amide bonds. The van der Waals surface area contributed by atoms with Crippen LogP contribution in [0.25, 0.3) is 0 Å². The number of piperidine rings is 1. The second kappa shape index (κ2) is 7.24. The summed E-state index contributed by atoms with van der Waals surface area (Å²) in [5.41, 5.74) is 5.24. The molecule has 1 aliphatic carbocycles. The molecule has 10 heteroatoms. The second-order valence-electron chi connectivity index (χ2n) is 8.51. The van der Waals surface area contributed by atoms with Crippen molar-refractivity contribution in [2.24, 2.45) is 22.5 Å². The molecule has 2 heterocycles. The Hall–Kier alpha value is -2.65. The number of carbonyl (C=O) groups is 3. The summed E-state index contributed by atoms with van der Waals surface area (Å²) < 4.78 is 38.6. The van der Waals surface area contributed by atoms with Crippen molar-refractivity contribution < 1.29 is 27.6 Å². The molecule has 2 fully saturated rings. The molecule has 1 saturated carbocycles. The predicted octanol–water partition coefficient (Wildman–Crippen LogP) is 1.42. The molecule has 1 aliphatic heterocycles. The third-order valence-corrected chi connectivity index (χ3v) is 6.93. The number of rotatable bonds is 6.